The van der Waals surface area contributed by atoms with E-state index in [1.807, 2.05) is 19.3 Å². The zero-order chi connectivity index (χ0) is 7.40. The average Bonchev–Trinajstić information content (AvgIpc) is 1.88. The number of nitrogens with zero attached hydrogens (tertiary/aromatic N) is 1. The van der Waals surface area contributed by atoms with Gasteiger partial charge in [0, 0.05) is 12.7 Å². The van der Waals surface area contributed by atoms with Gasteiger partial charge in [0.05, 0.1) is 5.69 Å². The number of nitrogens with one attached hydrogen (secondary N) is 1. The van der Waals surface area contributed by atoms with E-state index in [0.717, 1.165) is 12.2 Å². The summed E-state index contributed by atoms with van der Waals surface area (Å²) in [7, 11) is 1.92. The predicted molar refractivity (Wildman–Crippen MR) is 56.2 cm³/mol. The minimum absolute atomic E-state index is 0. The Kier molecular flexibility index (Phi) is 8.71. The molecule has 0 unspecified atom stereocenters. The van der Waals surface area contributed by atoms with Crippen molar-refractivity contribution < 1.29 is 0 Å². The molecule has 0 fully saturated rings. The van der Waals surface area contributed by atoms with Gasteiger partial charge in [-0.2, -0.15) is 0 Å². The van der Waals surface area contributed by atoms with Crippen LogP contribution < -0.4 is 5.32 Å². The molecular formula is C8H14Cl2N2. The van der Waals surface area contributed by atoms with Gasteiger partial charge in [-0.1, -0.05) is 0 Å². The summed E-state index contributed by atoms with van der Waals surface area (Å²) in [4.78, 5) is 4.17. The van der Waals surface area contributed by atoms with E-state index in [0.29, 0.717) is 0 Å². The van der Waals surface area contributed by atoms with Crippen molar-refractivity contribution >= 4 is 24.8 Å². The number of rotatable bonds is 2. The summed E-state index contributed by atoms with van der Waals surface area (Å²) in [5.41, 5.74) is 2.36. The van der Waals surface area contributed by atoms with Gasteiger partial charge in [0.15, 0.2) is 0 Å². The number of halogens is 2. The van der Waals surface area contributed by atoms with Crippen molar-refractivity contribution in [3.8, 4) is 0 Å². The zero-order valence-electron chi connectivity index (χ0n) is 7.20. The van der Waals surface area contributed by atoms with Crippen LogP contribution in [0.3, 0.4) is 0 Å². The Balaban J connectivity index is 0. The van der Waals surface area contributed by atoms with E-state index in [2.05, 4.69) is 23.3 Å². The van der Waals surface area contributed by atoms with E-state index >= 15 is 0 Å². The lowest BCUT2D eigenvalue weighted by Crippen LogP contribution is -2.06. The number of pyridine rings is 1. The van der Waals surface area contributed by atoms with Crippen molar-refractivity contribution in [2.24, 2.45) is 0 Å². The second kappa shape index (κ2) is 7.35. The zero-order valence-corrected chi connectivity index (χ0v) is 8.84. The van der Waals surface area contributed by atoms with Crippen LogP contribution >= 0.6 is 24.8 Å². The average molecular weight is 209 g/mol. The summed E-state index contributed by atoms with van der Waals surface area (Å²) in [6.45, 7) is 2.92. The number of aromatic nitrogens is 1. The van der Waals surface area contributed by atoms with Gasteiger partial charge in [-0.05, 0) is 31.7 Å². The molecule has 1 heterocycles. The summed E-state index contributed by atoms with van der Waals surface area (Å²) in [5.74, 6) is 0. The molecule has 0 aliphatic rings. The number of hydrogen-bond donors (Lipinski definition) is 1. The fraction of sp³-hybridized carbons (Fsp3) is 0.375. The van der Waals surface area contributed by atoms with Crippen LogP contribution in [0.15, 0.2) is 18.3 Å². The van der Waals surface area contributed by atoms with E-state index < -0.39 is 0 Å². The first-order valence-corrected chi connectivity index (χ1v) is 3.39. The van der Waals surface area contributed by atoms with Crippen LogP contribution in [-0.2, 0) is 6.54 Å². The van der Waals surface area contributed by atoms with Gasteiger partial charge in [-0.3, -0.25) is 4.98 Å². The molecule has 70 valence electrons. The third-order valence-electron chi connectivity index (χ3n) is 1.33. The van der Waals surface area contributed by atoms with Crippen molar-refractivity contribution in [3.63, 3.8) is 0 Å². The Morgan fingerprint density at radius 3 is 2.58 bits per heavy atom. The molecule has 0 radical (unpaired) electrons. The van der Waals surface area contributed by atoms with E-state index in [1.54, 1.807) is 0 Å². The van der Waals surface area contributed by atoms with Crippen LogP contribution in [-0.4, -0.2) is 12.0 Å². The van der Waals surface area contributed by atoms with Crippen LogP contribution in [0, 0.1) is 6.92 Å². The van der Waals surface area contributed by atoms with E-state index in [4.69, 9.17) is 0 Å². The molecule has 1 aromatic rings. The monoisotopic (exact) mass is 208 g/mol. The van der Waals surface area contributed by atoms with Gasteiger partial charge >= 0.3 is 0 Å². The molecule has 12 heavy (non-hydrogen) atoms. The minimum Gasteiger partial charge on any atom is -0.314 e. The second-order valence-corrected chi connectivity index (χ2v) is 2.35. The Morgan fingerprint density at radius 2 is 2.08 bits per heavy atom. The maximum absolute atomic E-state index is 4.17. The summed E-state index contributed by atoms with van der Waals surface area (Å²) < 4.78 is 0. The maximum Gasteiger partial charge on any atom is 0.0544 e. The molecule has 0 saturated heterocycles. The first kappa shape index (κ1) is 14.2. The van der Waals surface area contributed by atoms with Crippen molar-refractivity contribution in [1.29, 1.82) is 0 Å². The molecule has 0 aromatic carbocycles. The lowest BCUT2D eigenvalue weighted by molar-refractivity contribution is 0.790. The van der Waals surface area contributed by atoms with E-state index in [-0.39, 0.29) is 24.8 Å². The van der Waals surface area contributed by atoms with Crippen molar-refractivity contribution in [2.75, 3.05) is 7.05 Å². The first-order valence-electron chi connectivity index (χ1n) is 3.39. The highest BCUT2D eigenvalue weighted by Gasteiger charge is 1.89. The smallest absolute Gasteiger partial charge is 0.0544 e. The largest absolute Gasteiger partial charge is 0.314 e. The lowest BCUT2D eigenvalue weighted by atomic mass is 10.2. The predicted octanol–water partition coefficient (Wildman–Crippen LogP) is 1.95. The normalized spacial score (nSPS) is 8.17. The standard InChI is InChI=1S/C8H12N2.2ClH/c1-7-3-4-10-8(5-7)6-9-2;;/h3-5,9H,6H2,1-2H3;2*1H. The van der Waals surface area contributed by atoms with Crippen LogP contribution in [0.4, 0.5) is 0 Å². The third kappa shape index (κ3) is 4.54. The van der Waals surface area contributed by atoms with Gasteiger partial charge in [-0.15, -0.1) is 24.8 Å². The quantitative estimate of drug-likeness (QED) is 0.805. The van der Waals surface area contributed by atoms with E-state index in [9.17, 15) is 0 Å². The first-order chi connectivity index (χ1) is 4.83. The molecule has 2 nitrogen and oxygen atoms in total. The maximum atomic E-state index is 4.17. The molecule has 0 saturated carbocycles. The Bertz CT molecular complexity index is 216. The van der Waals surface area contributed by atoms with Crippen molar-refractivity contribution in [2.45, 2.75) is 13.5 Å². The van der Waals surface area contributed by atoms with Crippen LogP contribution in [0.2, 0.25) is 0 Å². The number of hydrogen-bond acceptors (Lipinski definition) is 2. The molecule has 0 aliphatic heterocycles. The fourth-order valence-electron chi connectivity index (χ4n) is 0.877. The second-order valence-electron chi connectivity index (χ2n) is 2.35. The molecule has 0 aliphatic carbocycles. The van der Waals surface area contributed by atoms with E-state index in [1.165, 1.54) is 5.56 Å². The Morgan fingerprint density at radius 1 is 1.42 bits per heavy atom. The molecule has 1 N–H and O–H groups in total. The molecule has 0 bridgehead atoms. The van der Waals surface area contributed by atoms with Gasteiger partial charge < -0.3 is 5.32 Å². The highest BCUT2D eigenvalue weighted by Crippen LogP contribution is 1.98. The van der Waals surface area contributed by atoms with Gasteiger partial charge in [-0.25, -0.2) is 0 Å². The van der Waals surface area contributed by atoms with Crippen LogP contribution in [0.5, 0.6) is 0 Å². The molecule has 4 heteroatoms. The number of aryl methyl sites for hydroxylation is 1. The molecule has 1 rings (SSSR count). The highest BCUT2D eigenvalue weighted by molar-refractivity contribution is 5.85. The van der Waals surface area contributed by atoms with Gasteiger partial charge in [0.1, 0.15) is 0 Å². The van der Waals surface area contributed by atoms with Gasteiger partial charge in [0.25, 0.3) is 0 Å². The van der Waals surface area contributed by atoms with Crippen molar-refractivity contribution in [3.05, 3.63) is 29.6 Å². The van der Waals surface area contributed by atoms with Crippen LogP contribution in [0.1, 0.15) is 11.3 Å². The van der Waals surface area contributed by atoms with Gasteiger partial charge in [0.2, 0.25) is 0 Å². The summed E-state index contributed by atoms with van der Waals surface area (Å²) in [6, 6.07) is 4.08. The molecule has 0 amide bonds. The topological polar surface area (TPSA) is 24.9 Å². The summed E-state index contributed by atoms with van der Waals surface area (Å²) in [6.07, 6.45) is 1.84. The fourth-order valence-corrected chi connectivity index (χ4v) is 0.877. The summed E-state index contributed by atoms with van der Waals surface area (Å²) >= 11 is 0. The minimum atomic E-state index is 0. The Labute approximate surface area is 85.6 Å². The molecule has 0 atom stereocenters. The van der Waals surface area contributed by atoms with Crippen molar-refractivity contribution in [1.82, 2.24) is 10.3 Å². The highest BCUT2D eigenvalue weighted by atomic mass is 35.5. The Hall–Kier alpha value is -0.310. The lowest BCUT2D eigenvalue weighted by Gasteiger charge is -1.98. The van der Waals surface area contributed by atoms with Crippen LogP contribution in [0.25, 0.3) is 0 Å². The SMILES string of the molecule is CNCc1cc(C)ccn1.Cl.Cl. The molecular weight excluding hydrogens is 195 g/mol. The molecule has 0 spiro atoms. The third-order valence-corrected chi connectivity index (χ3v) is 1.33. The molecule has 1 aromatic heterocycles. The summed E-state index contributed by atoms with van der Waals surface area (Å²) in [5, 5.41) is 3.05.